The van der Waals surface area contributed by atoms with Crippen molar-refractivity contribution in [3.8, 4) is 11.3 Å². The van der Waals surface area contributed by atoms with Crippen molar-refractivity contribution in [3.63, 3.8) is 0 Å². The van der Waals surface area contributed by atoms with Crippen LogP contribution in [0, 0.1) is 6.92 Å². The van der Waals surface area contributed by atoms with Crippen molar-refractivity contribution >= 4 is 21.9 Å². The summed E-state index contributed by atoms with van der Waals surface area (Å²) in [5.41, 5.74) is 10.6. The number of pyridine rings is 1. The predicted octanol–water partition coefficient (Wildman–Crippen LogP) is 8.78. The third-order valence-electron chi connectivity index (χ3n) is 9.28. The molecule has 2 aromatic heterocycles. The molecule has 0 unspecified atom stereocenters. The molecule has 1 fully saturated rings. The molecule has 2 aliphatic rings. The summed E-state index contributed by atoms with van der Waals surface area (Å²) >= 11 is 0. The van der Waals surface area contributed by atoms with E-state index < -0.39 is 0 Å². The van der Waals surface area contributed by atoms with Crippen molar-refractivity contribution < 1.29 is 8.98 Å². The van der Waals surface area contributed by atoms with Gasteiger partial charge in [0.2, 0.25) is 5.69 Å². The molecule has 2 heteroatoms. The van der Waals surface area contributed by atoms with Gasteiger partial charge in [-0.1, -0.05) is 65.2 Å². The van der Waals surface area contributed by atoms with Crippen LogP contribution in [-0.4, -0.2) is 0 Å². The van der Waals surface area contributed by atoms with Crippen LogP contribution in [-0.2, 0) is 17.9 Å². The fourth-order valence-corrected chi connectivity index (χ4v) is 7.07. The number of rotatable bonds is 2. The van der Waals surface area contributed by atoms with Gasteiger partial charge in [-0.15, -0.1) is 0 Å². The second kappa shape index (κ2) is 7.95. The van der Waals surface area contributed by atoms with Gasteiger partial charge in [-0.05, 0) is 78.2 Å². The average Bonchev–Trinajstić information content (AvgIpc) is 3.21. The summed E-state index contributed by atoms with van der Waals surface area (Å²) in [7, 11) is 2.20. The Morgan fingerprint density at radius 1 is 0.857 bits per heavy atom. The molecule has 0 spiro atoms. The van der Waals surface area contributed by atoms with Crippen LogP contribution in [0.4, 0.5) is 0 Å². The molecule has 2 nitrogen and oxygen atoms in total. The molecule has 0 aliphatic heterocycles. The summed E-state index contributed by atoms with van der Waals surface area (Å²) in [5, 5.41) is 2.59. The topological polar surface area (TPSA) is 17.0 Å². The monoisotopic (exact) mass is 466 g/mol. The van der Waals surface area contributed by atoms with E-state index in [9.17, 15) is 0 Å². The van der Waals surface area contributed by atoms with Crippen LogP contribution < -0.4 is 4.57 Å². The van der Waals surface area contributed by atoms with Gasteiger partial charge in [0.15, 0.2) is 6.20 Å². The Labute approximate surface area is 210 Å². The SMILES string of the molecule is Cc1ccc2c(oc3ccc4c(c32)C(C)(C)CCC4(C)C)c1-c1ccc(C2CCCCC2)c[n+]1C. The van der Waals surface area contributed by atoms with E-state index in [0.717, 1.165) is 11.2 Å². The maximum atomic E-state index is 6.73. The van der Waals surface area contributed by atoms with E-state index in [2.05, 4.69) is 88.8 Å². The van der Waals surface area contributed by atoms with Crippen molar-refractivity contribution in [2.45, 2.75) is 96.3 Å². The average molecular weight is 467 g/mol. The lowest BCUT2D eigenvalue weighted by molar-refractivity contribution is -0.660. The third kappa shape index (κ3) is 3.55. The summed E-state index contributed by atoms with van der Waals surface area (Å²) in [6.07, 6.45) is 11.6. The first-order valence-electron chi connectivity index (χ1n) is 13.7. The zero-order valence-corrected chi connectivity index (χ0v) is 22.4. The molecule has 1 saturated carbocycles. The summed E-state index contributed by atoms with van der Waals surface area (Å²) in [6, 6.07) is 13.9. The van der Waals surface area contributed by atoms with Crippen LogP contribution in [0.5, 0.6) is 0 Å². The quantitative estimate of drug-likeness (QED) is 0.270. The highest BCUT2D eigenvalue weighted by Crippen LogP contribution is 2.51. The molecule has 6 rings (SSSR count). The standard InChI is InChI=1S/C33H40NO/c1-21-12-14-24-29-27(17-15-25-30(29)33(4,5)19-18-32(25,2)3)35-31(24)28(21)26-16-13-23(20-34(26)6)22-10-8-7-9-11-22/h12-17,20,22H,7-11,18-19H2,1-6H3/q+1. The maximum Gasteiger partial charge on any atom is 0.216 e. The van der Waals surface area contributed by atoms with Gasteiger partial charge in [0.05, 0.1) is 5.56 Å². The number of fused-ring (bicyclic) bond motifs is 5. The first-order chi connectivity index (χ1) is 16.7. The summed E-state index contributed by atoms with van der Waals surface area (Å²) < 4.78 is 9.07. The summed E-state index contributed by atoms with van der Waals surface area (Å²) in [6.45, 7) is 11.9. The molecule has 0 N–H and O–H groups in total. The zero-order chi connectivity index (χ0) is 24.5. The van der Waals surface area contributed by atoms with E-state index >= 15 is 0 Å². The molecule has 0 bridgehead atoms. The second-order valence-electron chi connectivity index (χ2n) is 12.7. The minimum Gasteiger partial charge on any atom is -0.455 e. The molecule has 2 aliphatic carbocycles. The number of furan rings is 1. The predicted molar refractivity (Wildman–Crippen MR) is 146 cm³/mol. The fraction of sp³-hybridized carbons (Fsp3) is 0.485. The second-order valence-corrected chi connectivity index (χ2v) is 12.7. The van der Waals surface area contributed by atoms with Gasteiger partial charge >= 0.3 is 0 Å². The van der Waals surface area contributed by atoms with Crippen molar-refractivity contribution in [3.05, 3.63) is 64.8 Å². The van der Waals surface area contributed by atoms with Gasteiger partial charge in [0.25, 0.3) is 0 Å². The Morgan fingerprint density at radius 3 is 2.34 bits per heavy atom. The van der Waals surface area contributed by atoms with Crippen LogP contribution >= 0.6 is 0 Å². The molecular formula is C33H40NO+. The molecule has 0 atom stereocenters. The molecule has 2 heterocycles. The molecular weight excluding hydrogens is 426 g/mol. The van der Waals surface area contributed by atoms with E-state index in [4.69, 9.17) is 4.42 Å². The minimum atomic E-state index is 0.137. The zero-order valence-electron chi connectivity index (χ0n) is 22.4. The number of hydrogen-bond acceptors (Lipinski definition) is 1. The highest BCUT2D eigenvalue weighted by atomic mass is 16.3. The van der Waals surface area contributed by atoms with Crippen molar-refractivity contribution in [1.82, 2.24) is 0 Å². The Hall–Kier alpha value is -2.61. The van der Waals surface area contributed by atoms with Crippen LogP contribution in [0.2, 0.25) is 0 Å². The minimum absolute atomic E-state index is 0.137. The lowest BCUT2D eigenvalue weighted by atomic mass is 9.62. The largest absolute Gasteiger partial charge is 0.455 e. The molecule has 2 aromatic carbocycles. The van der Waals surface area contributed by atoms with Crippen molar-refractivity contribution in [2.24, 2.45) is 7.05 Å². The Balaban J connectivity index is 1.58. The van der Waals surface area contributed by atoms with E-state index in [1.54, 1.807) is 0 Å². The van der Waals surface area contributed by atoms with E-state index in [1.165, 1.54) is 89.2 Å². The lowest BCUT2D eigenvalue weighted by Gasteiger charge is -2.42. The Kier molecular flexibility index (Phi) is 5.18. The third-order valence-corrected chi connectivity index (χ3v) is 9.28. The number of aryl methyl sites for hydroxylation is 2. The molecule has 35 heavy (non-hydrogen) atoms. The summed E-state index contributed by atoms with van der Waals surface area (Å²) in [5.74, 6) is 0.712. The van der Waals surface area contributed by atoms with Gasteiger partial charge in [-0.2, -0.15) is 0 Å². The van der Waals surface area contributed by atoms with Crippen LogP contribution in [0.3, 0.4) is 0 Å². The molecule has 0 saturated heterocycles. The van der Waals surface area contributed by atoms with Crippen LogP contribution in [0.15, 0.2) is 47.0 Å². The smallest absolute Gasteiger partial charge is 0.216 e. The first kappa shape index (κ1) is 22.8. The number of benzene rings is 2. The van der Waals surface area contributed by atoms with E-state index in [-0.39, 0.29) is 10.8 Å². The molecule has 182 valence electrons. The number of aromatic nitrogens is 1. The van der Waals surface area contributed by atoms with E-state index in [1.807, 2.05) is 0 Å². The maximum absolute atomic E-state index is 6.73. The number of hydrogen-bond donors (Lipinski definition) is 0. The molecule has 4 aromatic rings. The molecule has 0 amide bonds. The van der Waals surface area contributed by atoms with Crippen LogP contribution in [0.1, 0.15) is 101 Å². The first-order valence-corrected chi connectivity index (χ1v) is 13.7. The molecule has 0 radical (unpaired) electrons. The van der Waals surface area contributed by atoms with E-state index in [0.29, 0.717) is 5.92 Å². The van der Waals surface area contributed by atoms with Gasteiger partial charge in [-0.3, -0.25) is 0 Å². The van der Waals surface area contributed by atoms with Gasteiger partial charge in [0, 0.05) is 22.4 Å². The fourth-order valence-electron chi connectivity index (χ4n) is 7.07. The van der Waals surface area contributed by atoms with Gasteiger partial charge in [-0.25, -0.2) is 4.57 Å². The van der Waals surface area contributed by atoms with Crippen molar-refractivity contribution in [1.29, 1.82) is 0 Å². The highest BCUT2D eigenvalue weighted by molar-refractivity contribution is 6.12. The van der Waals surface area contributed by atoms with Gasteiger partial charge in [0.1, 0.15) is 18.2 Å². The Morgan fingerprint density at radius 2 is 1.60 bits per heavy atom. The number of nitrogens with zero attached hydrogens (tertiary/aromatic N) is 1. The summed E-state index contributed by atoms with van der Waals surface area (Å²) in [4.78, 5) is 0. The highest BCUT2D eigenvalue weighted by Gasteiger charge is 2.39. The van der Waals surface area contributed by atoms with Crippen LogP contribution in [0.25, 0.3) is 33.2 Å². The van der Waals surface area contributed by atoms with Crippen molar-refractivity contribution in [2.75, 3.05) is 0 Å². The lowest BCUT2D eigenvalue weighted by Crippen LogP contribution is -2.33. The van der Waals surface area contributed by atoms with Gasteiger partial charge < -0.3 is 4.42 Å². The Bertz CT molecular complexity index is 1450. The normalized spacial score (nSPS) is 19.8.